The first kappa shape index (κ1) is 17.3. The van der Waals surface area contributed by atoms with E-state index in [1.807, 2.05) is 22.7 Å². The molecule has 5 aromatic rings. The van der Waals surface area contributed by atoms with E-state index in [2.05, 4.69) is 69.3 Å². The van der Waals surface area contributed by atoms with Crippen LogP contribution in [-0.4, -0.2) is 6.71 Å². The van der Waals surface area contributed by atoms with Gasteiger partial charge in [-0.15, -0.1) is 22.7 Å². The van der Waals surface area contributed by atoms with Crippen LogP contribution in [0.4, 0.5) is 0 Å². The molecule has 0 nitrogen and oxygen atoms in total. The molecule has 7 rings (SSSR count). The van der Waals surface area contributed by atoms with Crippen molar-refractivity contribution in [3.05, 3.63) is 86.1 Å². The molecule has 0 radical (unpaired) electrons. The van der Waals surface area contributed by atoms with Crippen molar-refractivity contribution >= 4 is 65.9 Å². The minimum absolute atomic E-state index is 0.385. The summed E-state index contributed by atoms with van der Waals surface area (Å²) in [6.07, 6.45) is 2.18. The Morgan fingerprint density at radius 3 is 1.60 bits per heavy atom. The molecular formula is C27H21BS2. The topological polar surface area (TPSA) is 0 Å². The van der Waals surface area contributed by atoms with Gasteiger partial charge in [0.2, 0.25) is 6.71 Å². The van der Waals surface area contributed by atoms with Crippen molar-refractivity contribution < 1.29 is 0 Å². The van der Waals surface area contributed by atoms with Crippen LogP contribution in [0.5, 0.6) is 0 Å². The maximum Gasteiger partial charge on any atom is 0.246 e. The fourth-order valence-electron chi connectivity index (χ4n) is 5.84. The molecule has 2 aliphatic heterocycles. The van der Waals surface area contributed by atoms with Crippen molar-refractivity contribution in [2.45, 2.75) is 33.6 Å². The summed E-state index contributed by atoms with van der Waals surface area (Å²) in [4.78, 5) is 3.15. The van der Waals surface area contributed by atoms with Gasteiger partial charge in [-0.1, -0.05) is 47.4 Å². The van der Waals surface area contributed by atoms with Gasteiger partial charge in [0.05, 0.1) is 0 Å². The van der Waals surface area contributed by atoms with Crippen LogP contribution in [0, 0.1) is 20.8 Å². The summed E-state index contributed by atoms with van der Waals surface area (Å²) in [5, 5.41) is 2.95. The Hall–Kier alpha value is -2.36. The molecular weight excluding hydrogens is 399 g/mol. The Bertz CT molecular complexity index is 1420. The van der Waals surface area contributed by atoms with Crippen molar-refractivity contribution in [2.75, 3.05) is 0 Å². The van der Waals surface area contributed by atoms with E-state index in [1.165, 1.54) is 36.9 Å². The third-order valence-electron chi connectivity index (χ3n) is 6.99. The summed E-state index contributed by atoms with van der Waals surface area (Å²) in [5.41, 5.74) is 12.0. The first-order valence-electron chi connectivity index (χ1n) is 10.7. The Morgan fingerprint density at radius 1 is 0.600 bits per heavy atom. The lowest BCUT2D eigenvalue weighted by Gasteiger charge is -2.32. The Morgan fingerprint density at radius 2 is 1.10 bits per heavy atom. The molecule has 3 heteroatoms. The zero-order valence-corrected chi connectivity index (χ0v) is 19.1. The van der Waals surface area contributed by atoms with Gasteiger partial charge in [0.1, 0.15) is 0 Å². The standard InChI is InChI=1S/C27H21BS2/c1-14-4-6-19-21(10-14)29-23-12-17-8-16(3)9-18-13-24-27(28(25(17)18)26(19)23)20-7-5-15(2)11-22(20)30-24/h4-11H,12-13H2,1-3H3. The molecule has 0 N–H and O–H groups in total. The largest absolute Gasteiger partial charge is 0.246 e. The monoisotopic (exact) mass is 420 g/mol. The quantitative estimate of drug-likeness (QED) is 0.290. The van der Waals surface area contributed by atoms with E-state index >= 15 is 0 Å². The molecule has 0 atom stereocenters. The van der Waals surface area contributed by atoms with Gasteiger partial charge in [-0.3, -0.25) is 0 Å². The van der Waals surface area contributed by atoms with E-state index < -0.39 is 0 Å². The number of aryl methyl sites for hydroxylation is 3. The van der Waals surface area contributed by atoms with Crippen molar-refractivity contribution in [1.29, 1.82) is 0 Å². The number of thiophene rings is 2. The lowest BCUT2D eigenvalue weighted by molar-refractivity contribution is 1.17. The van der Waals surface area contributed by atoms with E-state index in [9.17, 15) is 0 Å². The highest BCUT2D eigenvalue weighted by Gasteiger charge is 2.40. The van der Waals surface area contributed by atoms with Gasteiger partial charge >= 0.3 is 0 Å². The summed E-state index contributed by atoms with van der Waals surface area (Å²) in [6.45, 7) is 7.07. The fraction of sp³-hybridized carbons (Fsp3) is 0.185. The molecule has 4 heterocycles. The second kappa shape index (κ2) is 5.87. The van der Waals surface area contributed by atoms with Crippen LogP contribution in [0.2, 0.25) is 0 Å². The van der Waals surface area contributed by atoms with E-state index in [1.54, 1.807) is 37.3 Å². The fourth-order valence-corrected chi connectivity index (χ4v) is 8.57. The van der Waals surface area contributed by atoms with Gasteiger partial charge in [0, 0.05) is 32.0 Å². The molecule has 0 amide bonds. The number of rotatable bonds is 0. The molecule has 3 aromatic carbocycles. The lowest BCUT2D eigenvalue weighted by atomic mass is 9.31. The molecule has 0 unspecified atom stereocenters. The predicted octanol–water partition coefficient (Wildman–Crippen LogP) is 5.37. The minimum atomic E-state index is 0.385. The Kier molecular flexibility index (Phi) is 3.39. The summed E-state index contributed by atoms with van der Waals surface area (Å²) < 4.78 is 2.90. The summed E-state index contributed by atoms with van der Waals surface area (Å²) in [7, 11) is 0. The van der Waals surface area contributed by atoms with E-state index in [4.69, 9.17) is 0 Å². The van der Waals surface area contributed by atoms with E-state index in [0.29, 0.717) is 6.71 Å². The molecule has 0 saturated carbocycles. The lowest BCUT2D eigenvalue weighted by Crippen LogP contribution is -2.60. The average Bonchev–Trinajstić information content (AvgIpc) is 3.23. The van der Waals surface area contributed by atoms with Gasteiger partial charge in [0.15, 0.2) is 0 Å². The molecule has 2 aliphatic rings. The number of hydrogen-bond acceptors (Lipinski definition) is 2. The maximum atomic E-state index is 2.45. The number of fused-ring (bicyclic) bond motifs is 8. The molecule has 0 bridgehead atoms. The summed E-state index contributed by atoms with van der Waals surface area (Å²) in [6, 6.07) is 19.0. The second-order valence-electron chi connectivity index (χ2n) is 9.16. The minimum Gasteiger partial charge on any atom is -0.140 e. The van der Waals surface area contributed by atoms with Crippen LogP contribution >= 0.6 is 22.7 Å². The van der Waals surface area contributed by atoms with Crippen molar-refractivity contribution in [3.63, 3.8) is 0 Å². The van der Waals surface area contributed by atoms with Crippen LogP contribution in [-0.2, 0) is 12.8 Å². The second-order valence-corrected chi connectivity index (χ2v) is 11.4. The van der Waals surface area contributed by atoms with Gasteiger partial charge in [-0.25, -0.2) is 0 Å². The normalized spacial score (nSPS) is 14.2. The summed E-state index contributed by atoms with van der Waals surface area (Å²) >= 11 is 4.04. The van der Waals surface area contributed by atoms with Crippen LogP contribution in [0.25, 0.3) is 20.2 Å². The summed E-state index contributed by atoms with van der Waals surface area (Å²) in [5.74, 6) is 0. The molecule has 0 saturated heterocycles. The molecule has 0 spiro atoms. The zero-order valence-electron chi connectivity index (χ0n) is 17.4. The smallest absolute Gasteiger partial charge is 0.140 e. The predicted molar refractivity (Wildman–Crippen MR) is 135 cm³/mol. The first-order valence-corrected chi connectivity index (χ1v) is 12.4. The van der Waals surface area contributed by atoms with Crippen LogP contribution in [0.3, 0.4) is 0 Å². The van der Waals surface area contributed by atoms with Crippen LogP contribution in [0.1, 0.15) is 37.6 Å². The highest BCUT2D eigenvalue weighted by molar-refractivity contribution is 7.24. The SMILES string of the molecule is Cc1cc2c3c(c1)Cc1sc4cc(C)ccc4c1B3c1c(sc3cc(C)ccc13)C2. The number of hydrogen-bond donors (Lipinski definition) is 0. The van der Waals surface area contributed by atoms with Crippen molar-refractivity contribution in [3.8, 4) is 0 Å². The van der Waals surface area contributed by atoms with Gasteiger partial charge in [-0.2, -0.15) is 0 Å². The molecule has 144 valence electrons. The molecule has 0 fully saturated rings. The van der Waals surface area contributed by atoms with Crippen molar-refractivity contribution in [1.82, 2.24) is 0 Å². The van der Waals surface area contributed by atoms with E-state index in [-0.39, 0.29) is 0 Å². The highest BCUT2D eigenvalue weighted by Crippen LogP contribution is 2.36. The van der Waals surface area contributed by atoms with Gasteiger partial charge < -0.3 is 0 Å². The Labute approximate surface area is 185 Å². The third-order valence-corrected chi connectivity index (χ3v) is 9.32. The van der Waals surface area contributed by atoms with E-state index in [0.717, 1.165) is 12.8 Å². The Balaban J connectivity index is 1.63. The zero-order chi connectivity index (χ0) is 20.1. The first-order chi connectivity index (χ1) is 14.6. The van der Waals surface area contributed by atoms with Gasteiger partial charge in [0.25, 0.3) is 0 Å². The molecule has 0 aliphatic carbocycles. The number of benzene rings is 3. The molecule has 2 aromatic heterocycles. The highest BCUT2D eigenvalue weighted by atomic mass is 32.1. The maximum absolute atomic E-state index is 2.45. The van der Waals surface area contributed by atoms with Crippen LogP contribution in [0.15, 0.2) is 48.5 Å². The van der Waals surface area contributed by atoms with Crippen LogP contribution < -0.4 is 16.4 Å². The van der Waals surface area contributed by atoms with Crippen molar-refractivity contribution in [2.24, 2.45) is 0 Å². The third kappa shape index (κ3) is 2.23. The molecule has 30 heavy (non-hydrogen) atoms. The van der Waals surface area contributed by atoms with Gasteiger partial charge in [-0.05, 0) is 76.9 Å². The average molecular weight is 420 g/mol.